The van der Waals surface area contributed by atoms with E-state index in [0.29, 0.717) is 36.2 Å². The second-order valence-corrected chi connectivity index (χ2v) is 5.49. The lowest BCUT2D eigenvalue weighted by Gasteiger charge is -2.09. The van der Waals surface area contributed by atoms with Gasteiger partial charge in [-0.1, -0.05) is 11.6 Å². The summed E-state index contributed by atoms with van der Waals surface area (Å²) in [5.74, 6) is 0.226. The van der Waals surface area contributed by atoms with Crippen LogP contribution in [0.4, 0.5) is 0 Å². The molecular formula is C15H22BrClN4O2. The van der Waals surface area contributed by atoms with E-state index in [9.17, 15) is 4.79 Å². The summed E-state index contributed by atoms with van der Waals surface area (Å²) < 4.78 is 5.46. The van der Waals surface area contributed by atoms with Gasteiger partial charge in [0, 0.05) is 30.3 Å². The lowest BCUT2D eigenvalue weighted by molar-refractivity contribution is 0.0954. The van der Waals surface area contributed by atoms with E-state index in [1.807, 2.05) is 0 Å². The molecular weight excluding hydrogens is 384 g/mol. The van der Waals surface area contributed by atoms with Crippen molar-refractivity contribution in [3.8, 4) is 0 Å². The molecule has 23 heavy (non-hydrogen) atoms. The highest BCUT2D eigenvalue weighted by molar-refractivity contribution is 8.93. The molecule has 0 saturated carbocycles. The molecule has 1 atom stereocenters. The van der Waals surface area contributed by atoms with Crippen LogP contribution in [0.15, 0.2) is 29.3 Å². The molecule has 0 radical (unpaired) electrons. The van der Waals surface area contributed by atoms with Gasteiger partial charge in [-0.05, 0) is 37.1 Å². The van der Waals surface area contributed by atoms with Gasteiger partial charge >= 0.3 is 0 Å². The molecule has 6 nitrogen and oxygen atoms in total. The Bertz CT molecular complexity index is 519. The predicted octanol–water partition coefficient (Wildman–Crippen LogP) is 1.73. The fraction of sp³-hybridized carbons (Fsp3) is 0.467. The minimum atomic E-state index is -0.145. The molecule has 8 heteroatoms. The predicted molar refractivity (Wildman–Crippen MR) is 97.6 cm³/mol. The standard InChI is InChI=1S/C15H21ClN4O2.BrH/c16-12-5-3-11(4-6-12)14(21)18-7-8-19-15(17)20-10-13-2-1-9-22-13;/h3-6,13H,1-2,7-10H2,(H,18,21)(H3,17,19,20);1H. The molecule has 1 saturated heterocycles. The zero-order chi connectivity index (χ0) is 15.8. The Balaban J connectivity index is 0.00000264. The van der Waals surface area contributed by atoms with Crippen molar-refractivity contribution >= 4 is 40.4 Å². The van der Waals surface area contributed by atoms with Gasteiger partial charge in [-0.25, -0.2) is 0 Å². The molecule has 1 aliphatic rings. The third kappa shape index (κ3) is 7.20. The zero-order valence-corrected chi connectivity index (χ0v) is 15.2. The second kappa shape index (κ2) is 10.5. The van der Waals surface area contributed by atoms with E-state index in [-0.39, 0.29) is 29.0 Å². The van der Waals surface area contributed by atoms with Crippen molar-refractivity contribution in [3.05, 3.63) is 34.9 Å². The number of ether oxygens (including phenoxy) is 1. The first kappa shape index (κ1) is 19.7. The van der Waals surface area contributed by atoms with Crippen LogP contribution in [0.1, 0.15) is 23.2 Å². The first-order valence-corrected chi connectivity index (χ1v) is 7.72. The van der Waals surface area contributed by atoms with Gasteiger partial charge in [0.2, 0.25) is 0 Å². The number of aliphatic imine (C=N–C) groups is 1. The molecule has 1 amide bonds. The Labute approximate surface area is 151 Å². The average molecular weight is 406 g/mol. The number of guanidine groups is 1. The monoisotopic (exact) mass is 404 g/mol. The molecule has 1 heterocycles. The lowest BCUT2D eigenvalue weighted by atomic mass is 10.2. The van der Waals surface area contributed by atoms with Crippen LogP contribution in [0.3, 0.4) is 0 Å². The van der Waals surface area contributed by atoms with Gasteiger partial charge in [-0.15, -0.1) is 17.0 Å². The Morgan fingerprint density at radius 3 is 2.65 bits per heavy atom. The third-order valence-electron chi connectivity index (χ3n) is 3.31. The van der Waals surface area contributed by atoms with Crippen molar-refractivity contribution in [1.29, 1.82) is 0 Å². The molecule has 128 valence electrons. The maximum absolute atomic E-state index is 11.8. The van der Waals surface area contributed by atoms with Crippen LogP contribution >= 0.6 is 28.6 Å². The molecule has 0 aliphatic carbocycles. The fourth-order valence-corrected chi connectivity index (χ4v) is 2.24. The van der Waals surface area contributed by atoms with Gasteiger partial charge < -0.3 is 21.1 Å². The Morgan fingerprint density at radius 2 is 2.00 bits per heavy atom. The molecule has 0 spiro atoms. The molecule has 0 bridgehead atoms. The first-order chi connectivity index (χ1) is 10.6. The summed E-state index contributed by atoms with van der Waals surface area (Å²) in [6, 6.07) is 6.74. The smallest absolute Gasteiger partial charge is 0.251 e. The van der Waals surface area contributed by atoms with E-state index in [1.165, 1.54) is 0 Å². The molecule has 0 aromatic heterocycles. The van der Waals surface area contributed by atoms with Crippen LogP contribution in [-0.2, 0) is 4.74 Å². The van der Waals surface area contributed by atoms with Crippen molar-refractivity contribution in [1.82, 2.24) is 10.6 Å². The van der Waals surface area contributed by atoms with Crippen molar-refractivity contribution < 1.29 is 9.53 Å². The number of halogens is 2. The van der Waals surface area contributed by atoms with Crippen molar-refractivity contribution in [2.24, 2.45) is 10.7 Å². The van der Waals surface area contributed by atoms with Gasteiger partial charge in [0.15, 0.2) is 5.96 Å². The highest BCUT2D eigenvalue weighted by Gasteiger charge is 2.14. The molecule has 2 rings (SSSR count). The summed E-state index contributed by atoms with van der Waals surface area (Å²) in [4.78, 5) is 16.1. The maximum Gasteiger partial charge on any atom is 0.251 e. The summed E-state index contributed by atoms with van der Waals surface area (Å²) in [7, 11) is 0. The molecule has 1 unspecified atom stereocenters. The Hall–Kier alpha value is -1.31. The number of nitrogens with zero attached hydrogens (tertiary/aromatic N) is 1. The van der Waals surface area contributed by atoms with Crippen LogP contribution < -0.4 is 16.4 Å². The normalized spacial score (nSPS) is 17.4. The highest BCUT2D eigenvalue weighted by atomic mass is 79.9. The number of benzene rings is 1. The Kier molecular flexibility index (Phi) is 8.98. The van der Waals surface area contributed by atoms with Crippen molar-refractivity contribution in [3.63, 3.8) is 0 Å². The van der Waals surface area contributed by atoms with Crippen molar-refractivity contribution in [2.75, 3.05) is 26.2 Å². The first-order valence-electron chi connectivity index (χ1n) is 7.34. The number of rotatable bonds is 6. The van der Waals surface area contributed by atoms with E-state index in [1.54, 1.807) is 24.3 Å². The van der Waals surface area contributed by atoms with Gasteiger partial charge in [-0.2, -0.15) is 0 Å². The number of amides is 1. The van der Waals surface area contributed by atoms with Gasteiger partial charge in [0.25, 0.3) is 5.91 Å². The van der Waals surface area contributed by atoms with Crippen LogP contribution in [0, 0.1) is 0 Å². The third-order valence-corrected chi connectivity index (χ3v) is 3.56. The summed E-state index contributed by atoms with van der Waals surface area (Å²) >= 11 is 5.78. The SMILES string of the molecule is Br.NC(=NCC1CCCO1)NCCNC(=O)c1ccc(Cl)cc1. The molecule has 1 aliphatic heterocycles. The van der Waals surface area contributed by atoms with Gasteiger partial charge in [0.05, 0.1) is 12.6 Å². The van der Waals surface area contributed by atoms with E-state index < -0.39 is 0 Å². The summed E-state index contributed by atoms with van der Waals surface area (Å²) in [5.41, 5.74) is 6.33. The van der Waals surface area contributed by atoms with E-state index in [2.05, 4.69) is 15.6 Å². The van der Waals surface area contributed by atoms with E-state index in [4.69, 9.17) is 22.1 Å². The van der Waals surface area contributed by atoms with Crippen LogP contribution in [0.25, 0.3) is 0 Å². The number of hydrogen-bond donors (Lipinski definition) is 3. The minimum absolute atomic E-state index is 0. The zero-order valence-electron chi connectivity index (χ0n) is 12.8. The minimum Gasteiger partial charge on any atom is -0.376 e. The molecule has 1 fully saturated rings. The highest BCUT2D eigenvalue weighted by Crippen LogP contribution is 2.11. The van der Waals surface area contributed by atoms with Crippen LogP contribution in [-0.4, -0.2) is 44.2 Å². The number of nitrogens with one attached hydrogen (secondary N) is 2. The van der Waals surface area contributed by atoms with Crippen LogP contribution in [0.2, 0.25) is 5.02 Å². The quantitative estimate of drug-likeness (QED) is 0.382. The number of carbonyl (C=O) groups excluding carboxylic acids is 1. The average Bonchev–Trinajstić information content (AvgIpc) is 3.03. The lowest BCUT2D eigenvalue weighted by Crippen LogP contribution is -2.38. The second-order valence-electron chi connectivity index (χ2n) is 5.05. The molecule has 1 aromatic carbocycles. The van der Waals surface area contributed by atoms with E-state index >= 15 is 0 Å². The maximum atomic E-state index is 11.8. The fourth-order valence-electron chi connectivity index (χ4n) is 2.11. The number of nitrogens with two attached hydrogens (primary N) is 1. The summed E-state index contributed by atoms with van der Waals surface area (Å²) in [5, 5.41) is 6.36. The van der Waals surface area contributed by atoms with E-state index in [0.717, 1.165) is 19.4 Å². The summed E-state index contributed by atoms with van der Waals surface area (Å²) in [6.45, 7) is 2.36. The molecule has 4 N–H and O–H groups in total. The largest absolute Gasteiger partial charge is 0.376 e. The van der Waals surface area contributed by atoms with Crippen LogP contribution in [0.5, 0.6) is 0 Å². The summed E-state index contributed by atoms with van der Waals surface area (Å²) in [6.07, 6.45) is 2.31. The topological polar surface area (TPSA) is 88.7 Å². The van der Waals surface area contributed by atoms with Crippen molar-refractivity contribution in [2.45, 2.75) is 18.9 Å². The van der Waals surface area contributed by atoms with Gasteiger partial charge in [0.1, 0.15) is 0 Å². The molecule has 1 aromatic rings. The van der Waals surface area contributed by atoms with Gasteiger partial charge in [-0.3, -0.25) is 9.79 Å². The number of hydrogen-bond acceptors (Lipinski definition) is 3. The number of carbonyl (C=O) groups is 1. The Morgan fingerprint density at radius 1 is 1.30 bits per heavy atom.